The van der Waals surface area contributed by atoms with Gasteiger partial charge in [-0.2, -0.15) is 0 Å². The molecule has 0 saturated carbocycles. The Labute approximate surface area is 200 Å². The van der Waals surface area contributed by atoms with Gasteiger partial charge in [0.2, 0.25) is 5.91 Å². The predicted octanol–water partition coefficient (Wildman–Crippen LogP) is 4.49. The second-order valence-electron chi connectivity index (χ2n) is 7.64. The number of sulfonamides is 1. The Bertz CT molecular complexity index is 1180. The highest BCUT2D eigenvalue weighted by molar-refractivity contribution is 7.92. The van der Waals surface area contributed by atoms with Gasteiger partial charge in [-0.25, -0.2) is 8.42 Å². The number of halogens is 1. The minimum atomic E-state index is -3.99. The summed E-state index contributed by atoms with van der Waals surface area (Å²) in [4.78, 5) is 12.8. The molecule has 1 amide bonds. The molecule has 0 spiro atoms. The van der Waals surface area contributed by atoms with Crippen LogP contribution in [0, 0.1) is 13.8 Å². The Kier molecular flexibility index (Phi) is 8.49. The van der Waals surface area contributed by atoms with Gasteiger partial charge in [-0.1, -0.05) is 65.7 Å². The highest BCUT2D eigenvalue weighted by Gasteiger charge is 2.28. The first-order valence-electron chi connectivity index (χ1n) is 10.5. The molecular weight excluding hydrogens is 460 g/mol. The van der Waals surface area contributed by atoms with Crippen LogP contribution in [0.2, 0.25) is 5.02 Å². The van der Waals surface area contributed by atoms with Gasteiger partial charge in [0.1, 0.15) is 6.54 Å². The normalized spacial score (nSPS) is 11.2. The van der Waals surface area contributed by atoms with E-state index in [0.29, 0.717) is 29.5 Å². The summed E-state index contributed by atoms with van der Waals surface area (Å²) in [7, 11) is -3.99. The standard InChI is InChI=1S/C25H27ClN2O4S/c1-19-8-12-23(13-9-19)33(30,31)28(24-16-22(26)11-10-20(24)2)17-25(29)27-14-15-32-18-21-6-4-3-5-7-21/h3-13,16H,14-15,17-18H2,1-2H3,(H,27,29). The van der Waals surface area contributed by atoms with Crippen LogP contribution in [0.1, 0.15) is 16.7 Å². The molecule has 0 atom stereocenters. The fourth-order valence-corrected chi connectivity index (χ4v) is 4.85. The molecule has 174 valence electrons. The van der Waals surface area contributed by atoms with Crippen LogP contribution in [0.15, 0.2) is 77.7 Å². The van der Waals surface area contributed by atoms with Gasteiger partial charge in [0.15, 0.2) is 0 Å². The van der Waals surface area contributed by atoms with E-state index in [1.54, 1.807) is 37.3 Å². The number of rotatable bonds is 10. The molecule has 3 rings (SSSR count). The van der Waals surface area contributed by atoms with Gasteiger partial charge >= 0.3 is 0 Å². The van der Waals surface area contributed by atoms with Crippen molar-refractivity contribution in [3.8, 4) is 0 Å². The molecule has 0 unspecified atom stereocenters. The molecule has 6 nitrogen and oxygen atoms in total. The molecule has 3 aromatic rings. The summed E-state index contributed by atoms with van der Waals surface area (Å²) in [6.45, 7) is 4.28. The highest BCUT2D eigenvalue weighted by Crippen LogP contribution is 2.29. The summed E-state index contributed by atoms with van der Waals surface area (Å²) in [6.07, 6.45) is 0. The molecule has 0 aliphatic heterocycles. The molecule has 1 N–H and O–H groups in total. The van der Waals surface area contributed by atoms with Crippen LogP contribution in [0.5, 0.6) is 0 Å². The molecule has 0 fully saturated rings. The van der Waals surface area contributed by atoms with Crippen molar-refractivity contribution in [1.82, 2.24) is 5.32 Å². The highest BCUT2D eigenvalue weighted by atomic mass is 35.5. The number of nitrogens with zero attached hydrogens (tertiary/aromatic N) is 1. The van der Waals surface area contributed by atoms with Gasteiger partial charge in [0.25, 0.3) is 10.0 Å². The lowest BCUT2D eigenvalue weighted by atomic mass is 10.2. The molecule has 3 aromatic carbocycles. The number of benzene rings is 3. The summed E-state index contributed by atoms with van der Waals surface area (Å²) in [6, 6.07) is 21.2. The lowest BCUT2D eigenvalue weighted by molar-refractivity contribution is -0.119. The van der Waals surface area contributed by atoms with Gasteiger partial charge in [-0.15, -0.1) is 0 Å². The Morgan fingerprint density at radius 1 is 1.00 bits per heavy atom. The molecule has 0 saturated heterocycles. The molecule has 8 heteroatoms. The number of amides is 1. The first kappa shape index (κ1) is 24.8. The smallest absolute Gasteiger partial charge is 0.264 e. The van der Waals surface area contributed by atoms with E-state index in [2.05, 4.69) is 5.32 Å². The third-order valence-corrected chi connectivity index (χ3v) is 7.03. The molecule has 0 heterocycles. The second kappa shape index (κ2) is 11.3. The maximum atomic E-state index is 13.5. The van der Waals surface area contributed by atoms with E-state index in [4.69, 9.17) is 16.3 Å². The fraction of sp³-hybridized carbons (Fsp3) is 0.240. The van der Waals surface area contributed by atoms with E-state index in [9.17, 15) is 13.2 Å². The zero-order chi connectivity index (χ0) is 23.8. The summed E-state index contributed by atoms with van der Waals surface area (Å²) in [5, 5.41) is 3.12. The lowest BCUT2D eigenvalue weighted by Crippen LogP contribution is -2.42. The zero-order valence-corrected chi connectivity index (χ0v) is 20.2. The Morgan fingerprint density at radius 3 is 2.39 bits per heavy atom. The van der Waals surface area contributed by atoms with E-state index >= 15 is 0 Å². The fourth-order valence-electron chi connectivity index (χ4n) is 3.20. The van der Waals surface area contributed by atoms with Crippen LogP contribution < -0.4 is 9.62 Å². The average molecular weight is 487 g/mol. The van der Waals surface area contributed by atoms with Gasteiger partial charge in [0, 0.05) is 11.6 Å². The van der Waals surface area contributed by atoms with Crippen LogP contribution in [0.4, 0.5) is 5.69 Å². The molecule has 0 bridgehead atoms. The maximum absolute atomic E-state index is 13.5. The summed E-state index contributed by atoms with van der Waals surface area (Å²) < 4.78 is 33.6. The molecule has 0 aliphatic carbocycles. The number of ether oxygens (including phenoxy) is 1. The first-order valence-corrected chi connectivity index (χ1v) is 12.3. The summed E-state index contributed by atoms with van der Waals surface area (Å²) >= 11 is 6.14. The Morgan fingerprint density at radius 2 is 1.70 bits per heavy atom. The van der Waals surface area contributed by atoms with Crippen LogP contribution in [-0.4, -0.2) is 34.0 Å². The third kappa shape index (κ3) is 6.81. The largest absolute Gasteiger partial charge is 0.375 e. The van der Waals surface area contributed by atoms with Crippen LogP contribution in [0.25, 0.3) is 0 Å². The van der Waals surface area contributed by atoms with Crippen molar-refractivity contribution in [2.45, 2.75) is 25.3 Å². The average Bonchev–Trinajstić information content (AvgIpc) is 2.80. The quantitative estimate of drug-likeness (QED) is 0.428. The molecular formula is C25H27ClN2O4S. The Hall–Kier alpha value is -2.87. The Balaban J connectivity index is 1.71. The summed E-state index contributed by atoms with van der Waals surface area (Å²) in [5.41, 5.74) is 3.02. The van der Waals surface area contributed by atoms with E-state index < -0.39 is 15.9 Å². The molecule has 0 aliphatic rings. The van der Waals surface area contributed by atoms with Crippen LogP contribution in [0.3, 0.4) is 0 Å². The van der Waals surface area contributed by atoms with Crippen molar-refractivity contribution in [3.63, 3.8) is 0 Å². The van der Waals surface area contributed by atoms with Gasteiger partial charge < -0.3 is 10.1 Å². The van der Waals surface area contributed by atoms with Gasteiger partial charge in [0.05, 0.1) is 23.8 Å². The maximum Gasteiger partial charge on any atom is 0.264 e. The van der Waals surface area contributed by atoms with Crippen molar-refractivity contribution < 1.29 is 17.9 Å². The van der Waals surface area contributed by atoms with Crippen molar-refractivity contribution in [2.24, 2.45) is 0 Å². The van der Waals surface area contributed by atoms with E-state index in [-0.39, 0.29) is 18.0 Å². The monoisotopic (exact) mass is 486 g/mol. The third-order valence-electron chi connectivity index (χ3n) is 5.02. The minimum Gasteiger partial charge on any atom is -0.375 e. The number of hydrogen-bond acceptors (Lipinski definition) is 4. The number of anilines is 1. The van der Waals surface area contributed by atoms with E-state index in [1.807, 2.05) is 37.3 Å². The lowest BCUT2D eigenvalue weighted by Gasteiger charge is -2.26. The number of nitrogens with one attached hydrogen (secondary N) is 1. The van der Waals surface area contributed by atoms with Gasteiger partial charge in [-0.3, -0.25) is 9.10 Å². The zero-order valence-electron chi connectivity index (χ0n) is 18.6. The number of carbonyl (C=O) groups is 1. The molecule has 0 aromatic heterocycles. The number of hydrogen-bond donors (Lipinski definition) is 1. The van der Waals surface area contributed by atoms with E-state index in [0.717, 1.165) is 15.4 Å². The summed E-state index contributed by atoms with van der Waals surface area (Å²) in [5.74, 6) is -0.437. The first-order chi connectivity index (χ1) is 15.8. The van der Waals surface area contributed by atoms with Crippen LogP contribution >= 0.6 is 11.6 Å². The van der Waals surface area contributed by atoms with Crippen molar-refractivity contribution in [3.05, 3.63) is 94.5 Å². The number of carbonyl (C=O) groups excluding carboxylic acids is 1. The second-order valence-corrected chi connectivity index (χ2v) is 9.94. The topological polar surface area (TPSA) is 75.7 Å². The van der Waals surface area contributed by atoms with Crippen LogP contribution in [-0.2, 0) is 26.2 Å². The van der Waals surface area contributed by atoms with Crippen molar-refractivity contribution in [2.75, 3.05) is 24.0 Å². The predicted molar refractivity (Wildman–Crippen MR) is 131 cm³/mol. The SMILES string of the molecule is Cc1ccc(S(=O)(=O)N(CC(=O)NCCOCc2ccccc2)c2cc(Cl)ccc2C)cc1. The van der Waals surface area contributed by atoms with Crippen molar-refractivity contribution >= 4 is 33.2 Å². The van der Waals surface area contributed by atoms with Gasteiger partial charge in [-0.05, 0) is 49.2 Å². The van der Waals surface area contributed by atoms with E-state index in [1.165, 1.54) is 12.1 Å². The molecule has 33 heavy (non-hydrogen) atoms. The molecule has 0 radical (unpaired) electrons. The van der Waals surface area contributed by atoms with Crippen molar-refractivity contribution in [1.29, 1.82) is 0 Å². The minimum absolute atomic E-state index is 0.103. The number of aryl methyl sites for hydroxylation is 2.